The molecule has 0 spiro atoms. The van der Waals surface area contributed by atoms with Crippen molar-refractivity contribution in [3.05, 3.63) is 11.0 Å². The summed E-state index contributed by atoms with van der Waals surface area (Å²) in [6.45, 7) is 24.4. The molecule has 0 N–H and O–H groups in total. The quantitative estimate of drug-likeness (QED) is 0.356. The first-order valence-electron chi connectivity index (χ1n) is 9.28. The molecule has 148 valence electrons. The zero-order valence-electron chi connectivity index (χ0n) is 18.3. The van der Waals surface area contributed by atoms with Gasteiger partial charge in [-0.2, -0.15) is 0 Å². The molecular formula is C20H40O3SSi. The van der Waals surface area contributed by atoms with Crippen LogP contribution in [0, 0.1) is 5.92 Å². The zero-order valence-corrected chi connectivity index (χ0v) is 20.1. The van der Waals surface area contributed by atoms with Gasteiger partial charge in [0.25, 0.3) is 0 Å². The monoisotopic (exact) mass is 388 g/mol. The fourth-order valence-corrected chi connectivity index (χ4v) is 3.65. The predicted octanol–water partition coefficient (Wildman–Crippen LogP) is 6.40. The van der Waals surface area contributed by atoms with Crippen LogP contribution in [0.4, 0.5) is 0 Å². The van der Waals surface area contributed by atoms with Crippen molar-refractivity contribution < 1.29 is 14.0 Å². The van der Waals surface area contributed by atoms with Gasteiger partial charge in [-0.15, -0.1) is 11.8 Å². The molecule has 0 aliphatic rings. The summed E-state index contributed by atoms with van der Waals surface area (Å²) in [4.78, 5) is 11.9. The van der Waals surface area contributed by atoms with E-state index in [1.165, 1.54) is 0 Å². The van der Waals surface area contributed by atoms with E-state index in [1.807, 2.05) is 6.92 Å². The number of thioether (sulfide) groups is 1. The number of hydrogen-bond donors (Lipinski definition) is 0. The van der Waals surface area contributed by atoms with E-state index in [4.69, 9.17) is 9.16 Å². The highest BCUT2D eigenvalue weighted by Gasteiger charge is 2.38. The van der Waals surface area contributed by atoms with E-state index in [0.29, 0.717) is 13.0 Å². The fourth-order valence-electron chi connectivity index (χ4n) is 1.86. The summed E-state index contributed by atoms with van der Waals surface area (Å²) in [7, 11) is -1.81. The Bertz CT molecular complexity index is 459. The van der Waals surface area contributed by atoms with Crippen LogP contribution in [0.3, 0.4) is 0 Å². The summed E-state index contributed by atoms with van der Waals surface area (Å²) in [5.41, 5.74) is 1.09. The molecular weight excluding hydrogens is 348 g/mol. The molecule has 0 aromatic heterocycles. The number of carbonyl (C=O) groups excluding carboxylic acids is 1. The third-order valence-electron chi connectivity index (χ3n) is 4.62. The summed E-state index contributed by atoms with van der Waals surface area (Å²) >= 11 is 1.76. The molecule has 0 aliphatic carbocycles. The maximum atomic E-state index is 11.9. The average Bonchev–Trinajstić information content (AvgIpc) is 2.45. The van der Waals surface area contributed by atoms with Crippen molar-refractivity contribution >= 4 is 26.0 Å². The molecule has 5 heteroatoms. The molecule has 2 atom stereocenters. The summed E-state index contributed by atoms with van der Waals surface area (Å²) in [6, 6.07) is 0. The molecule has 3 nitrogen and oxygen atoms in total. The predicted molar refractivity (Wildman–Crippen MR) is 114 cm³/mol. The number of carbonyl (C=O) groups is 1. The van der Waals surface area contributed by atoms with Gasteiger partial charge in [-0.25, -0.2) is 0 Å². The second-order valence-corrected chi connectivity index (χ2v) is 15.9. The molecule has 0 amide bonds. The second-order valence-electron chi connectivity index (χ2n) is 9.40. The molecule has 25 heavy (non-hydrogen) atoms. The van der Waals surface area contributed by atoms with Gasteiger partial charge in [-0.05, 0) is 36.0 Å². The van der Waals surface area contributed by atoms with Crippen molar-refractivity contribution in [3.63, 3.8) is 0 Å². The van der Waals surface area contributed by atoms with E-state index >= 15 is 0 Å². The minimum Gasteiger partial charge on any atom is -0.457 e. The topological polar surface area (TPSA) is 35.5 Å². The normalized spacial score (nSPS) is 16.5. The highest BCUT2D eigenvalue weighted by molar-refractivity contribution is 8.03. The highest BCUT2D eigenvalue weighted by Crippen LogP contribution is 2.37. The lowest BCUT2D eigenvalue weighted by Crippen LogP contribution is -2.43. The molecule has 0 rings (SSSR count). The average molecular weight is 389 g/mol. The molecule has 0 saturated heterocycles. The maximum absolute atomic E-state index is 11.9. The van der Waals surface area contributed by atoms with Crippen molar-refractivity contribution in [2.24, 2.45) is 5.92 Å². The standard InChI is InChI=1S/C20H40O3SSi/c1-12-17(21)23-18(16(3)14-24-19(4,5)6)15(2)13-22-25(10,11)20(7,8)9/h14-15,18H,12-13H2,1-11H3/b16-14+/t15-,18+/m1/s1. The lowest BCUT2D eigenvalue weighted by Gasteiger charge is -2.38. The van der Waals surface area contributed by atoms with Crippen molar-refractivity contribution in [1.82, 2.24) is 0 Å². The van der Waals surface area contributed by atoms with E-state index in [2.05, 4.69) is 73.9 Å². The van der Waals surface area contributed by atoms with E-state index in [0.717, 1.165) is 5.57 Å². The molecule has 0 aliphatic heterocycles. The fraction of sp³-hybridized carbons (Fsp3) is 0.850. The third kappa shape index (κ3) is 9.29. The van der Waals surface area contributed by atoms with E-state index in [-0.39, 0.29) is 27.8 Å². The van der Waals surface area contributed by atoms with Crippen LogP contribution in [0.5, 0.6) is 0 Å². The lowest BCUT2D eigenvalue weighted by atomic mass is 10.00. The smallest absolute Gasteiger partial charge is 0.306 e. The minimum absolute atomic E-state index is 0.126. The van der Waals surface area contributed by atoms with E-state index in [1.54, 1.807) is 11.8 Å². The Labute approximate surface area is 161 Å². The number of hydrogen-bond acceptors (Lipinski definition) is 4. The zero-order chi connectivity index (χ0) is 20.1. The lowest BCUT2D eigenvalue weighted by molar-refractivity contribution is -0.149. The van der Waals surface area contributed by atoms with Gasteiger partial charge in [0.15, 0.2) is 8.32 Å². The molecule has 0 bridgehead atoms. The number of rotatable bonds is 8. The highest BCUT2D eigenvalue weighted by atomic mass is 32.2. The molecule has 0 saturated carbocycles. The Morgan fingerprint density at radius 3 is 2.08 bits per heavy atom. The SMILES string of the molecule is CCC(=O)O[C@H](/C(C)=C/SC(C)(C)C)[C@H](C)CO[Si](C)(C)C(C)(C)C. The Kier molecular flexibility index (Phi) is 9.51. The van der Waals surface area contributed by atoms with Gasteiger partial charge in [0.2, 0.25) is 0 Å². The Balaban J connectivity index is 5.18. The van der Waals surface area contributed by atoms with Gasteiger partial charge in [0.05, 0.1) is 0 Å². The first-order valence-corrected chi connectivity index (χ1v) is 13.1. The Morgan fingerprint density at radius 1 is 1.16 bits per heavy atom. The van der Waals surface area contributed by atoms with Crippen molar-refractivity contribution in [2.75, 3.05) is 6.61 Å². The van der Waals surface area contributed by atoms with E-state index in [9.17, 15) is 4.79 Å². The van der Waals surface area contributed by atoms with Gasteiger partial charge in [-0.1, -0.05) is 55.4 Å². The van der Waals surface area contributed by atoms with Crippen LogP contribution in [-0.4, -0.2) is 31.7 Å². The summed E-state index contributed by atoms with van der Waals surface area (Å²) in [5.74, 6) is -0.0286. The van der Waals surface area contributed by atoms with Crippen LogP contribution in [0.2, 0.25) is 18.1 Å². The molecule has 0 heterocycles. The van der Waals surface area contributed by atoms with Gasteiger partial charge < -0.3 is 9.16 Å². The summed E-state index contributed by atoms with van der Waals surface area (Å²) < 4.78 is 12.3. The molecule has 0 fully saturated rings. The second kappa shape index (κ2) is 9.61. The Morgan fingerprint density at radius 2 is 1.68 bits per heavy atom. The van der Waals surface area contributed by atoms with Crippen molar-refractivity contribution in [2.45, 2.75) is 97.7 Å². The Hall–Kier alpha value is -0.263. The van der Waals surface area contributed by atoms with Crippen LogP contribution in [0.1, 0.15) is 68.7 Å². The maximum Gasteiger partial charge on any atom is 0.306 e. The van der Waals surface area contributed by atoms with Crippen LogP contribution in [-0.2, 0) is 14.0 Å². The molecule has 0 radical (unpaired) electrons. The number of esters is 1. The largest absolute Gasteiger partial charge is 0.457 e. The van der Waals surface area contributed by atoms with Crippen LogP contribution in [0.15, 0.2) is 11.0 Å². The molecule has 0 aromatic rings. The molecule has 0 unspecified atom stereocenters. The van der Waals surface area contributed by atoms with Gasteiger partial charge in [0.1, 0.15) is 6.10 Å². The van der Waals surface area contributed by atoms with Gasteiger partial charge >= 0.3 is 5.97 Å². The van der Waals surface area contributed by atoms with E-state index < -0.39 is 8.32 Å². The van der Waals surface area contributed by atoms with Gasteiger partial charge in [0, 0.05) is 23.7 Å². The summed E-state index contributed by atoms with van der Waals surface area (Å²) in [6.07, 6.45) is 0.165. The third-order valence-corrected chi connectivity index (χ3v) is 10.3. The van der Waals surface area contributed by atoms with Crippen molar-refractivity contribution in [1.29, 1.82) is 0 Å². The first kappa shape index (κ1) is 24.7. The van der Waals surface area contributed by atoms with Gasteiger partial charge in [-0.3, -0.25) is 4.79 Å². The molecule has 0 aromatic carbocycles. The number of ether oxygens (including phenoxy) is 1. The van der Waals surface area contributed by atoms with Crippen molar-refractivity contribution in [3.8, 4) is 0 Å². The summed E-state index contributed by atoms with van der Waals surface area (Å²) in [5, 5.41) is 2.31. The minimum atomic E-state index is -1.81. The van der Waals surface area contributed by atoms with Crippen LogP contribution < -0.4 is 0 Å². The van der Waals surface area contributed by atoms with Crippen LogP contribution >= 0.6 is 11.8 Å². The first-order chi connectivity index (χ1) is 11.1. The van der Waals surface area contributed by atoms with Crippen LogP contribution in [0.25, 0.3) is 0 Å².